The standard InChI is InChI=1S/C14H27F2N3O2/c1-13(2,3)21-12(20)18-10-14(15,16)9-17-11-6-5-7-19(4)8-11/h11,17H,5-10H2,1-4H3,(H,18,20). The Kier molecular flexibility index (Phi) is 6.34. The first kappa shape index (κ1) is 18.1. The van der Waals surface area contributed by atoms with Gasteiger partial charge in [-0.3, -0.25) is 0 Å². The summed E-state index contributed by atoms with van der Waals surface area (Å²) in [6, 6.07) is 0.0798. The largest absolute Gasteiger partial charge is 0.444 e. The second-order valence-corrected chi connectivity index (χ2v) is 6.69. The molecule has 0 radical (unpaired) electrons. The van der Waals surface area contributed by atoms with E-state index in [0.717, 1.165) is 25.9 Å². The molecule has 1 aliphatic rings. The third-order valence-corrected chi connectivity index (χ3v) is 3.16. The van der Waals surface area contributed by atoms with Gasteiger partial charge in [-0.2, -0.15) is 0 Å². The average Bonchev–Trinajstić information content (AvgIpc) is 2.33. The summed E-state index contributed by atoms with van der Waals surface area (Å²) < 4.78 is 32.4. The third-order valence-electron chi connectivity index (χ3n) is 3.16. The van der Waals surface area contributed by atoms with Gasteiger partial charge in [0.25, 0.3) is 5.92 Å². The molecule has 5 nitrogen and oxygen atoms in total. The number of likely N-dealkylation sites (tertiary alicyclic amines) is 1. The van der Waals surface area contributed by atoms with Gasteiger partial charge in [0.1, 0.15) is 5.60 Å². The summed E-state index contributed by atoms with van der Waals surface area (Å²) in [4.78, 5) is 13.5. The van der Waals surface area contributed by atoms with Crippen molar-refractivity contribution >= 4 is 6.09 Å². The smallest absolute Gasteiger partial charge is 0.407 e. The number of carbonyl (C=O) groups excluding carboxylic acids is 1. The summed E-state index contributed by atoms with van der Waals surface area (Å²) in [7, 11) is 1.98. The number of nitrogens with zero attached hydrogens (tertiary/aromatic N) is 1. The highest BCUT2D eigenvalue weighted by atomic mass is 19.3. The van der Waals surface area contributed by atoms with E-state index >= 15 is 0 Å². The van der Waals surface area contributed by atoms with Crippen LogP contribution in [-0.4, -0.2) is 61.8 Å². The fourth-order valence-corrected chi connectivity index (χ4v) is 2.20. The molecule has 1 fully saturated rings. The molecule has 21 heavy (non-hydrogen) atoms. The van der Waals surface area contributed by atoms with Crippen molar-refractivity contribution in [1.82, 2.24) is 15.5 Å². The second kappa shape index (κ2) is 7.35. The summed E-state index contributed by atoms with van der Waals surface area (Å²) >= 11 is 0. The number of rotatable bonds is 5. The molecule has 1 rings (SSSR count). The molecule has 0 aromatic heterocycles. The van der Waals surface area contributed by atoms with Crippen LogP contribution in [0.15, 0.2) is 0 Å². The van der Waals surface area contributed by atoms with Crippen molar-refractivity contribution in [2.24, 2.45) is 0 Å². The minimum Gasteiger partial charge on any atom is -0.444 e. The molecule has 0 spiro atoms. The Morgan fingerprint density at radius 3 is 2.57 bits per heavy atom. The van der Waals surface area contributed by atoms with Crippen molar-refractivity contribution in [2.75, 3.05) is 33.2 Å². The van der Waals surface area contributed by atoms with Crippen molar-refractivity contribution in [3.05, 3.63) is 0 Å². The molecule has 1 atom stereocenters. The number of hydrogen-bond acceptors (Lipinski definition) is 4. The van der Waals surface area contributed by atoms with Crippen LogP contribution in [0.3, 0.4) is 0 Å². The fraction of sp³-hybridized carbons (Fsp3) is 0.929. The van der Waals surface area contributed by atoms with Crippen LogP contribution in [0.5, 0.6) is 0 Å². The van der Waals surface area contributed by atoms with E-state index < -0.39 is 30.7 Å². The van der Waals surface area contributed by atoms with Crippen LogP contribution in [0.4, 0.5) is 13.6 Å². The zero-order chi connectivity index (χ0) is 16.1. The zero-order valence-electron chi connectivity index (χ0n) is 13.3. The number of nitrogens with one attached hydrogen (secondary N) is 2. The van der Waals surface area contributed by atoms with Gasteiger partial charge in [-0.1, -0.05) is 0 Å². The highest BCUT2D eigenvalue weighted by Crippen LogP contribution is 2.14. The van der Waals surface area contributed by atoms with Crippen LogP contribution in [0.25, 0.3) is 0 Å². The molecule has 1 amide bonds. The van der Waals surface area contributed by atoms with E-state index in [4.69, 9.17) is 4.74 Å². The molecule has 1 unspecified atom stereocenters. The molecule has 1 aliphatic heterocycles. The highest BCUT2D eigenvalue weighted by molar-refractivity contribution is 5.67. The SMILES string of the molecule is CN1CCCC(NCC(F)(F)CNC(=O)OC(C)(C)C)C1. The Bertz CT molecular complexity index is 346. The predicted octanol–water partition coefficient (Wildman–Crippen LogP) is 1.83. The lowest BCUT2D eigenvalue weighted by Crippen LogP contribution is -2.50. The number of amides is 1. The molecular weight excluding hydrogens is 280 g/mol. The van der Waals surface area contributed by atoms with Crippen molar-refractivity contribution in [3.8, 4) is 0 Å². The van der Waals surface area contributed by atoms with E-state index in [0.29, 0.717) is 0 Å². The zero-order valence-corrected chi connectivity index (χ0v) is 13.3. The number of piperidine rings is 1. The van der Waals surface area contributed by atoms with Gasteiger partial charge in [0.05, 0.1) is 13.1 Å². The van der Waals surface area contributed by atoms with Gasteiger partial charge >= 0.3 is 6.09 Å². The number of ether oxygens (including phenoxy) is 1. The predicted molar refractivity (Wildman–Crippen MR) is 77.7 cm³/mol. The maximum absolute atomic E-state index is 13.7. The Balaban J connectivity index is 2.28. The van der Waals surface area contributed by atoms with Crippen molar-refractivity contribution in [1.29, 1.82) is 0 Å². The molecule has 1 saturated heterocycles. The van der Waals surface area contributed by atoms with Crippen LogP contribution in [0, 0.1) is 0 Å². The first-order valence-electron chi connectivity index (χ1n) is 7.34. The van der Waals surface area contributed by atoms with Crippen LogP contribution >= 0.6 is 0 Å². The number of alkyl halides is 2. The van der Waals surface area contributed by atoms with Crippen LogP contribution in [0.2, 0.25) is 0 Å². The van der Waals surface area contributed by atoms with Crippen molar-refractivity contribution in [3.63, 3.8) is 0 Å². The van der Waals surface area contributed by atoms with Crippen molar-refractivity contribution in [2.45, 2.75) is 51.2 Å². The van der Waals surface area contributed by atoms with Crippen LogP contribution in [0.1, 0.15) is 33.6 Å². The lowest BCUT2D eigenvalue weighted by molar-refractivity contribution is -0.00725. The topological polar surface area (TPSA) is 53.6 Å². The van der Waals surface area contributed by atoms with E-state index in [1.807, 2.05) is 7.05 Å². The molecule has 0 bridgehead atoms. The van der Waals surface area contributed by atoms with Gasteiger partial charge in [-0.15, -0.1) is 0 Å². The molecule has 0 saturated carbocycles. The molecule has 0 aromatic carbocycles. The molecule has 2 N–H and O–H groups in total. The number of alkyl carbamates (subject to hydrolysis) is 1. The maximum Gasteiger partial charge on any atom is 0.407 e. The lowest BCUT2D eigenvalue weighted by Gasteiger charge is -2.31. The Hall–Kier alpha value is -0.950. The second-order valence-electron chi connectivity index (χ2n) is 6.69. The Labute approximate surface area is 125 Å². The van der Waals surface area contributed by atoms with E-state index in [-0.39, 0.29) is 6.04 Å². The van der Waals surface area contributed by atoms with E-state index in [1.54, 1.807) is 20.8 Å². The maximum atomic E-state index is 13.7. The third kappa shape index (κ3) is 8.16. The molecule has 0 aromatic rings. The van der Waals surface area contributed by atoms with Gasteiger partial charge in [0, 0.05) is 12.6 Å². The first-order valence-corrected chi connectivity index (χ1v) is 7.34. The average molecular weight is 307 g/mol. The number of hydrogen-bond donors (Lipinski definition) is 2. The summed E-state index contributed by atoms with van der Waals surface area (Å²) in [6.07, 6.45) is 1.09. The molecule has 124 valence electrons. The van der Waals surface area contributed by atoms with Gasteiger partial charge in [0.15, 0.2) is 0 Å². The van der Waals surface area contributed by atoms with E-state index in [2.05, 4.69) is 15.5 Å². The monoisotopic (exact) mass is 307 g/mol. The minimum absolute atomic E-state index is 0.0798. The quantitative estimate of drug-likeness (QED) is 0.814. The van der Waals surface area contributed by atoms with Crippen LogP contribution in [-0.2, 0) is 4.74 Å². The Morgan fingerprint density at radius 2 is 2.00 bits per heavy atom. The molecule has 7 heteroatoms. The molecule has 1 heterocycles. The fourth-order valence-electron chi connectivity index (χ4n) is 2.20. The molecular formula is C14H27F2N3O2. The normalized spacial score (nSPS) is 21.1. The number of carbonyl (C=O) groups is 1. The van der Waals surface area contributed by atoms with E-state index in [1.165, 1.54) is 0 Å². The molecule has 0 aliphatic carbocycles. The highest BCUT2D eigenvalue weighted by Gasteiger charge is 2.31. The van der Waals surface area contributed by atoms with Gasteiger partial charge in [-0.05, 0) is 47.2 Å². The Morgan fingerprint density at radius 1 is 1.33 bits per heavy atom. The summed E-state index contributed by atoms with van der Waals surface area (Å²) in [5.74, 6) is -2.99. The number of halogens is 2. The van der Waals surface area contributed by atoms with Gasteiger partial charge < -0.3 is 20.3 Å². The summed E-state index contributed by atoms with van der Waals surface area (Å²) in [5, 5.41) is 4.99. The van der Waals surface area contributed by atoms with Gasteiger partial charge in [-0.25, -0.2) is 13.6 Å². The first-order chi connectivity index (χ1) is 9.57. The van der Waals surface area contributed by atoms with E-state index in [9.17, 15) is 13.6 Å². The van der Waals surface area contributed by atoms with Crippen LogP contribution < -0.4 is 10.6 Å². The summed E-state index contributed by atoms with van der Waals surface area (Å²) in [6.45, 7) is 5.67. The minimum atomic E-state index is -2.99. The van der Waals surface area contributed by atoms with Gasteiger partial charge in [0.2, 0.25) is 0 Å². The lowest BCUT2D eigenvalue weighted by atomic mass is 10.1. The summed E-state index contributed by atoms with van der Waals surface area (Å²) in [5.41, 5.74) is -0.690. The number of likely N-dealkylation sites (N-methyl/N-ethyl adjacent to an activating group) is 1. The van der Waals surface area contributed by atoms with Crippen molar-refractivity contribution < 1.29 is 18.3 Å².